The third kappa shape index (κ3) is 4.25. The van der Waals surface area contributed by atoms with Crippen molar-refractivity contribution in [3.05, 3.63) is 41.7 Å². The third-order valence-corrected chi connectivity index (χ3v) is 5.26. The highest BCUT2D eigenvalue weighted by Gasteiger charge is 2.44. The fraction of sp³-hybridized carbons (Fsp3) is 0.409. The van der Waals surface area contributed by atoms with Crippen LogP contribution < -0.4 is 5.32 Å². The quantitative estimate of drug-likeness (QED) is 0.431. The smallest absolute Gasteiger partial charge is 0.361 e. The van der Waals surface area contributed by atoms with Crippen LogP contribution in [0.2, 0.25) is 0 Å². The molecule has 1 aliphatic carbocycles. The number of carbonyl (C=O) groups is 2. The zero-order valence-electron chi connectivity index (χ0n) is 17.3. The molecule has 1 atom stereocenters. The van der Waals surface area contributed by atoms with Crippen LogP contribution >= 0.6 is 0 Å². The van der Waals surface area contributed by atoms with Gasteiger partial charge in [0, 0.05) is 38.4 Å². The van der Waals surface area contributed by atoms with Gasteiger partial charge in [-0.1, -0.05) is 17.9 Å². The number of hydrogen-bond acceptors (Lipinski definition) is 6. The second kappa shape index (κ2) is 7.71. The molecule has 2 heterocycles. The first-order valence-corrected chi connectivity index (χ1v) is 10.1. The number of amides is 1. The summed E-state index contributed by atoms with van der Waals surface area (Å²) in [7, 11) is 1.62. The number of likely N-dealkylation sites (N-methyl/N-ethyl adjacent to an activating group) is 1. The standard InChI is InChI=1S/C22H23FN4O4/c1-3-31-19(28)18-17(24-22(23)9-10-22)14-27(25-18)16-6-4-5-15(13-16)7-8-21(30)11-12-26(2)20(21)29/h4-6,13-14,24,30H,3,9-12H2,1-2H3/t21-/m0/s1. The maximum Gasteiger partial charge on any atom is 0.361 e. The van der Waals surface area contributed by atoms with Crippen LogP contribution in [0.5, 0.6) is 0 Å². The summed E-state index contributed by atoms with van der Waals surface area (Å²) >= 11 is 0. The lowest BCUT2D eigenvalue weighted by Crippen LogP contribution is -2.37. The Morgan fingerprint density at radius 1 is 1.39 bits per heavy atom. The predicted molar refractivity (Wildman–Crippen MR) is 110 cm³/mol. The molecular formula is C22H23FN4O4. The molecule has 0 spiro atoms. The average molecular weight is 426 g/mol. The van der Waals surface area contributed by atoms with Crippen LogP contribution in [-0.2, 0) is 9.53 Å². The lowest BCUT2D eigenvalue weighted by atomic mass is 10.0. The van der Waals surface area contributed by atoms with Crippen molar-refractivity contribution in [3.8, 4) is 17.5 Å². The number of nitrogens with one attached hydrogen (secondary N) is 1. The van der Waals surface area contributed by atoms with Gasteiger partial charge in [0.2, 0.25) is 5.60 Å². The Balaban J connectivity index is 1.63. The molecule has 0 unspecified atom stereocenters. The van der Waals surface area contributed by atoms with Crippen molar-refractivity contribution in [1.82, 2.24) is 14.7 Å². The summed E-state index contributed by atoms with van der Waals surface area (Å²) in [6.07, 6.45) is 2.50. The highest BCUT2D eigenvalue weighted by atomic mass is 19.1. The van der Waals surface area contributed by atoms with Gasteiger partial charge in [-0.15, -0.1) is 0 Å². The van der Waals surface area contributed by atoms with Gasteiger partial charge in [-0.3, -0.25) is 4.79 Å². The van der Waals surface area contributed by atoms with Crippen molar-refractivity contribution in [1.29, 1.82) is 0 Å². The number of alkyl halides is 1. The van der Waals surface area contributed by atoms with Gasteiger partial charge in [0.15, 0.2) is 11.5 Å². The molecular weight excluding hydrogens is 403 g/mol. The van der Waals surface area contributed by atoms with Crippen LogP contribution in [-0.4, -0.2) is 63.3 Å². The van der Waals surface area contributed by atoms with Crippen molar-refractivity contribution < 1.29 is 23.8 Å². The number of anilines is 1. The van der Waals surface area contributed by atoms with Crippen molar-refractivity contribution >= 4 is 17.6 Å². The van der Waals surface area contributed by atoms with E-state index in [9.17, 15) is 19.1 Å². The number of benzene rings is 1. The summed E-state index contributed by atoms with van der Waals surface area (Å²) in [5.41, 5.74) is -0.305. The molecule has 0 radical (unpaired) electrons. The molecule has 2 aliphatic rings. The van der Waals surface area contributed by atoms with E-state index in [0.29, 0.717) is 30.6 Å². The summed E-state index contributed by atoms with van der Waals surface area (Å²) in [4.78, 5) is 25.8. The summed E-state index contributed by atoms with van der Waals surface area (Å²) in [6, 6.07) is 6.93. The number of esters is 1. The van der Waals surface area contributed by atoms with Crippen LogP contribution in [0.1, 0.15) is 42.2 Å². The first-order valence-electron chi connectivity index (χ1n) is 10.1. The molecule has 1 saturated heterocycles. The van der Waals surface area contributed by atoms with Crippen molar-refractivity contribution in [2.45, 2.75) is 37.6 Å². The van der Waals surface area contributed by atoms with E-state index in [1.807, 2.05) is 0 Å². The normalized spacial score (nSPS) is 21.4. The highest BCUT2D eigenvalue weighted by Crippen LogP contribution is 2.41. The number of aromatic nitrogens is 2. The Labute approximate surface area is 179 Å². The van der Waals surface area contributed by atoms with E-state index in [1.165, 1.54) is 15.8 Å². The molecule has 2 N–H and O–H groups in total. The topological polar surface area (TPSA) is 96.7 Å². The maximum atomic E-state index is 14.3. The third-order valence-electron chi connectivity index (χ3n) is 5.26. The molecule has 0 bridgehead atoms. The summed E-state index contributed by atoms with van der Waals surface area (Å²) < 4.78 is 20.7. The molecule has 2 fully saturated rings. The van der Waals surface area contributed by atoms with Gasteiger partial charge < -0.3 is 20.1 Å². The van der Waals surface area contributed by atoms with E-state index in [4.69, 9.17) is 4.74 Å². The lowest BCUT2D eigenvalue weighted by molar-refractivity contribution is -0.137. The number of ether oxygens (including phenoxy) is 1. The molecule has 8 nitrogen and oxygen atoms in total. The number of rotatable bonds is 5. The van der Waals surface area contributed by atoms with Crippen LogP contribution in [0.3, 0.4) is 0 Å². The van der Waals surface area contributed by atoms with Crippen molar-refractivity contribution in [2.75, 3.05) is 25.5 Å². The van der Waals surface area contributed by atoms with Crippen LogP contribution in [0, 0.1) is 11.8 Å². The minimum absolute atomic E-state index is 0.00355. The molecule has 1 aromatic heterocycles. The SMILES string of the molecule is CCOC(=O)c1nn(-c2cccc(C#C[C@]3(O)CCN(C)C3=O)c2)cc1NC1(F)CC1. The largest absolute Gasteiger partial charge is 0.461 e. The number of likely N-dealkylation sites (tertiary alicyclic amines) is 1. The van der Waals surface area contributed by atoms with E-state index >= 15 is 0 Å². The Hall–Kier alpha value is -3.38. The second-order valence-corrected chi connectivity index (χ2v) is 7.78. The predicted octanol–water partition coefficient (Wildman–Crippen LogP) is 1.87. The van der Waals surface area contributed by atoms with Crippen LogP contribution in [0.25, 0.3) is 5.69 Å². The van der Waals surface area contributed by atoms with Gasteiger partial charge in [-0.25, -0.2) is 13.9 Å². The number of carbonyl (C=O) groups excluding carboxylic acids is 2. The van der Waals surface area contributed by atoms with E-state index in [1.54, 1.807) is 38.2 Å². The number of hydrogen-bond donors (Lipinski definition) is 2. The first kappa shape index (κ1) is 20.9. The zero-order valence-corrected chi connectivity index (χ0v) is 17.3. The molecule has 2 aromatic rings. The first-order chi connectivity index (χ1) is 14.7. The van der Waals surface area contributed by atoms with Gasteiger partial charge in [-0.05, 0) is 25.1 Å². The average Bonchev–Trinajstić information content (AvgIpc) is 3.23. The Morgan fingerprint density at radius 3 is 2.81 bits per heavy atom. The summed E-state index contributed by atoms with van der Waals surface area (Å²) in [6.45, 7) is 2.30. The Morgan fingerprint density at radius 2 is 2.16 bits per heavy atom. The zero-order chi connectivity index (χ0) is 22.2. The van der Waals surface area contributed by atoms with E-state index in [0.717, 1.165) is 0 Å². The summed E-state index contributed by atoms with van der Waals surface area (Å²) in [5, 5.41) is 17.5. The molecule has 1 amide bonds. The molecule has 1 aliphatic heterocycles. The molecule has 1 saturated carbocycles. The van der Waals surface area contributed by atoms with E-state index < -0.39 is 23.3 Å². The Kier molecular flexibility index (Phi) is 5.19. The van der Waals surface area contributed by atoms with E-state index in [2.05, 4.69) is 22.3 Å². The second-order valence-electron chi connectivity index (χ2n) is 7.78. The van der Waals surface area contributed by atoms with Crippen LogP contribution in [0.4, 0.5) is 10.1 Å². The maximum absolute atomic E-state index is 14.3. The van der Waals surface area contributed by atoms with Crippen molar-refractivity contribution in [3.63, 3.8) is 0 Å². The van der Waals surface area contributed by atoms with E-state index in [-0.39, 0.29) is 24.4 Å². The number of halogens is 1. The van der Waals surface area contributed by atoms with Gasteiger partial charge in [0.05, 0.1) is 24.2 Å². The summed E-state index contributed by atoms with van der Waals surface area (Å²) in [5.74, 6) is 2.93. The molecule has 9 heteroatoms. The van der Waals surface area contributed by atoms with Gasteiger partial charge in [0.25, 0.3) is 5.91 Å². The number of nitrogens with zero attached hydrogens (tertiary/aromatic N) is 3. The fourth-order valence-electron chi connectivity index (χ4n) is 3.30. The van der Waals surface area contributed by atoms with Gasteiger partial charge in [-0.2, -0.15) is 5.10 Å². The molecule has 1 aromatic carbocycles. The minimum Gasteiger partial charge on any atom is -0.461 e. The highest BCUT2D eigenvalue weighted by molar-refractivity contribution is 5.93. The Bertz CT molecular complexity index is 1100. The molecule has 31 heavy (non-hydrogen) atoms. The van der Waals surface area contributed by atoms with Crippen LogP contribution in [0.15, 0.2) is 30.5 Å². The monoisotopic (exact) mass is 426 g/mol. The van der Waals surface area contributed by atoms with Gasteiger partial charge >= 0.3 is 5.97 Å². The lowest BCUT2D eigenvalue weighted by Gasteiger charge is -2.13. The minimum atomic E-state index is -1.69. The number of aliphatic hydroxyl groups is 1. The molecule has 4 rings (SSSR count). The van der Waals surface area contributed by atoms with Gasteiger partial charge in [0.1, 0.15) is 0 Å². The fourth-order valence-corrected chi connectivity index (χ4v) is 3.30. The van der Waals surface area contributed by atoms with Crippen molar-refractivity contribution in [2.24, 2.45) is 0 Å². The molecule has 162 valence electrons.